The molecule has 6 nitrogen and oxygen atoms in total. The Kier molecular flexibility index (Phi) is 3.63. The lowest BCUT2D eigenvalue weighted by molar-refractivity contribution is 0.389. The number of hydrogen-bond acceptors (Lipinski definition) is 5. The van der Waals surface area contributed by atoms with Gasteiger partial charge >= 0.3 is 0 Å². The summed E-state index contributed by atoms with van der Waals surface area (Å²) in [5.74, 6) is 0.259. The molecule has 0 spiro atoms. The van der Waals surface area contributed by atoms with Crippen LogP contribution in [0.4, 0.5) is 0 Å². The normalized spacial score (nSPS) is 15.9. The Morgan fingerprint density at radius 2 is 1.92 bits per heavy atom. The van der Waals surface area contributed by atoms with Crippen LogP contribution in [0.25, 0.3) is 10.9 Å². The number of aromatic nitrogens is 1. The zero-order valence-electron chi connectivity index (χ0n) is 13.9. The Labute approximate surface area is 149 Å². The van der Waals surface area contributed by atoms with Gasteiger partial charge in [0.2, 0.25) is 5.88 Å². The largest absolute Gasteiger partial charge is 0.496 e. The molecular formula is C20H15N3O3. The topological polar surface area (TPSA) is 101 Å². The molecule has 0 fully saturated rings. The minimum Gasteiger partial charge on any atom is -0.496 e. The van der Waals surface area contributed by atoms with Gasteiger partial charge in [-0.3, -0.25) is 4.79 Å². The molecule has 128 valence electrons. The van der Waals surface area contributed by atoms with Crippen molar-refractivity contribution in [1.82, 2.24) is 4.98 Å². The molecule has 26 heavy (non-hydrogen) atoms. The van der Waals surface area contributed by atoms with Crippen LogP contribution in [-0.2, 0) is 0 Å². The van der Waals surface area contributed by atoms with Crippen molar-refractivity contribution in [3.63, 3.8) is 0 Å². The molecule has 2 heterocycles. The summed E-state index contributed by atoms with van der Waals surface area (Å²) in [6.45, 7) is 0. The van der Waals surface area contributed by atoms with E-state index in [-0.39, 0.29) is 17.0 Å². The molecular weight excluding hydrogens is 330 g/mol. The number of H-pyrrole nitrogens is 1. The van der Waals surface area contributed by atoms with E-state index in [2.05, 4.69) is 11.1 Å². The highest BCUT2D eigenvalue weighted by molar-refractivity contribution is 5.87. The van der Waals surface area contributed by atoms with Crippen LogP contribution < -0.4 is 20.8 Å². The summed E-state index contributed by atoms with van der Waals surface area (Å²) >= 11 is 0. The lowest BCUT2D eigenvalue weighted by atomic mass is 9.83. The smallest absolute Gasteiger partial charge is 0.256 e. The number of pyridine rings is 1. The van der Waals surface area contributed by atoms with Crippen molar-refractivity contribution < 1.29 is 9.47 Å². The van der Waals surface area contributed by atoms with Gasteiger partial charge in [-0.1, -0.05) is 30.3 Å². The van der Waals surface area contributed by atoms with E-state index in [1.54, 1.807) is 19.2 Å². The van der Waals surface area contributed by atoms with Crippen LogP contribution in [0.1, 0.15) is 17.0 Å². The number of hydrogen-bond donors (Lipinski definition) is 2. The Morgan fingerprint density at radius 3 is 2.69 bits per heavy atom. The van der Waals surface area contributed by atoms with Gasteiger partial charge in [0, 0.05) is 10.9 Å². The maximum atomic E-state index is 12.9. The van der Waals surface area contributed by atoms with Crippen LogP contribution in [0.15, 0.2) is 64.8 Å². The second-order valence-electron chi connectivity index (χ2n) is 5.91. The van der Waals surface area contributed by atoms with E-state index in [4.69, 9.17) is 15.2 Å². The quantitative estimate of drug-likeness (QED) is 0.744. The molecule has 1 atom stereocenters. The monoisotopic (exact) mass is 345 g/mol. The first-order chi connectivity index (χ1) is 12.7. The Balaban J connectivity index is 2.11. The van der Waals surface area contributed by atoms with Gasteiger partial charge in [-0.2, -0.15) is 5.26 Å². The fourth-order valence-electron chi connectivity index (χ4n) is 3.39. The number of allylic oxidation sites excluding steroid dienone is 1. The summed E-state index contributed by atoms with van der Waals surface area (Å²) in [5.41, 5.74) is 7.57. The molecule has 1 aliphatic rings. The van der Waals surface area contributed by atoms with E-state index in [0.717, 1.165) is 5.39 Å². The second-order valence-corrected chi connectivity index (χ2v) is 5.91. The van der Waals surface area contributed by atoms with Crippen LogP contribution in [0, 0.1) is 11.3 Å². The molecule has 6 heteroatoms. The van der Waals surface area contributed by atoms with Crippen LogP contribution in [-0.4, -0.2) is 12.1 Å². The molecule has 3 N–H and O–H groups in total. The van der Waals surface area contributed by atoms with Crippen molar-refractivity contribution >= 4 is 10.9 Å². The highest BCUT2D eigenvalue weighted by Gasteiger charge is 2.35. The van der Waals surface area contributed by atoms with Crippen LogP contribution in [0.2, 0.25) is 0 Å². The third-order valence-electron chi connectivity index (χ3n) is 4.53. The predicted octanol–water partition coefficient (Wildman–Crippen LogP) is 2.75. The van der Waals surface area contributed by atoms with Gasteiger partial charge in [-0.05, 0) is 18.2 Å². The predicted molar refractivity (Wildman–Crippen MR) is 96.9 cm³/mol. The number of nitrogens with one attached hydrogen (secondary N) is 1. The first-order valence-electron chi connectivity index (χ1n) is 8.01. The Bertz CT molecular complexity index is 1150. The zero-order valence-corrected chi connectivity index (χ0v) is 13.9. The van der Waals surface area contributed by atoms with Gasteiger partial charge in [-0.25, -0.2) is 0 Å². The summed E-state index contributed by atoms with van der Waals surface area (Å²) in [6, 6.07) is 16.6. The average molecular weight is 345 g/mol. The fraction of sp³-hybridized carbons (Fsp3) is 0.100. The fourth-order valence-corrected chi connectivity index (χ4v) is 3.39. The number of ether oxygens (including phenoxy) is 2. The molecule has 1 unspecified atom stereocenters. The molecule has 0 amide bonds. The van der Waals surface area contributed by atoms with Gasteiger partial charge in [0.15, 0.2) is 0 Å². The lowest BCUT2D eigenvalue weighted by Gasteiger charge is -2.27. The van der Waals surface area contributed by atoms with Crippen molar-refractivity contribution in [3.8, 4) is 17.6 Å². The molecule has 0 bridgehead atoms. The highest BCUT2D eigenvalue weighted by atomic mass is 16.5. The first kappa shape index (κ1) is 15.8. The maximum Gasteiger partial charge on any atom is 0.256 e. The molecule has 1 aromatic heterocycles. The number of fused-ring (bicyclic) bond motifs is 3. The van der Waals surface area contributed by atoms with E-state index >= 15 is 0 Å². The number of nitrogens with two attached hydrogens (primary N) is 1. The van der Waals surface area contributed by atoms with Gasteiger partial charge in [0.25, 0.3) is 5.56 Å². The van der Waals surface area contributed by atoms with E-state index in [1.807, 2.05) is 36.4 Å². The molecule has 0 aliphatic carbocycles. The summed E-state index contributed by atoms with van der Waals surface area (Å²) in [5, 5.41) is 10.4. The third-order valence-corrected chi connectivity index (χ3v) is 4.53. The standard InChI is InChI=1S/C20H15N3O3/c1-25-15-9-5-3-7-12(15)16-13(10-21)19(22)26-18-11-6-2-4-8-14(11)23-20(24)17(16)18/h2-9,16H,22H2,1H3,(H,23,24). The maximum absolute atomic E-state index is 12.9. The molecule has 0 radical (unpaired) electrons. The number of methoxy groups -OCH3 is 1. The van der Waals surface area contributed by atoms with Crippen LogP contribution in [0.3, 0.4) is 0 Å². The van der Waals surface area contributed by atoms with E-state index in [0.29, 0.717) is 28.1 Å². The van der Waals surface area contributed by atoms with Gasteiger partial charge in [0.05, 0.1) is 24.1 Å². The van der Waals surface area contributed by atoms with Crippen LogP contribution in [0.5, 0.6) is 11.5 Å². The zero-order chi connectivity index (χ0) is 18.3. The minimum atomic E-state index is -0.673. The second kappa shape index (κ2) is 5.97. The molecule has 2 aromatic carbocycles. The van der Waals surface area contributed by atoms with E-state index in [1.165, 1.54) is 0 Å². The van der Waals surface area contributed by atoms with Crippen LogP contribution >= 0.6 is 0 Å². The van der Waals surface area contributed by atoms with Gasteiger partial charge in [0.1, 0.15) is 23.1 Å². The summed E-state index contributed by atoms with van der Waals surface area (Å²) < 4.78 is 11.2. The molecule has 3 aromatic rings. The van der Waals surface area contributed by atoms with Crippen molar-refractivity contribution in [2.24, 2.45) is 5.73 Å². The van der Waals surface area contributed by atoms with Crippen molar-refractivity contribution in [3.05, 3.63) is 81.5 Å². The number of nitriles is 1. The van der Waals surface area contributed by atoms with Crippen molar-refractivity contribution in [2.75, 3.05) is 7.11 Å². The summed E-state index contributed by atoms with van der Waals surface area (Å²) in [6.07, 6.45) is 0. The van der Waals surface area contributed by atoms with E-state index < -0.39 is 5.92 Å². The number of benzene rings is 2. The SMILES string of the molecule is COc1ccccc1C1C(C#N)=C(N)Oc2c1c(=O)[nH]c1ccccc21. The number of nitrogens with zero attached hydrogens (tertiary/aromatic N) is 1. The summed E-state index contributed by atoms with van der Waals surface area (Å²) in [7, 11) is 1.54. The lowest BCUT2D eigenvalue weighted by Crippen LogP contribution is -2.28. The van der Waals surface area contributed by atoms with E-state index in [9.17, 15) is 10.1 Å². The van der Waals surface area contributed by atoms with Crippen molar-refractivity contribution in [1.29, 1.82) is 5.26 Å². The Morgan fingerprint density at radius 1 is 1.19 bits per heavy atom. The first-order valence-corrected chi connectivity index (χ1v) is 8.01. The minimum absolute atomic E-state index is 0.00772. The van der Waals surface area contributed by atoms with Crippen molar-refractivity contribution in [2.45, 2.75) is 5.92 Å². The average Bonchev–Trinajstić information content (AvgIpc) is 2.67. The Hall–Kier alpha value is -3.72. The number of aromatic amines is 1. The molecule has 0 saturated carbocycles. The highest BCUT2D eigenvalue weighted by Crippen LogP contribution is 2.45. The van der Waals surface area contributed by atoms with Gasteiger partial charge < -0.3 is 20.2 Å². The molecule has 4 rings (SSSR count). The van der Waals surface area contributed by atoms with Gasteiger partial charge in [-0.15, -0.1) is 0 Å². The molecule has 1 aliphatic heterocycles. The summed E-state index contributed by atoms with van der Waals surface area (Å²) in [4.78, 5) is 15.7. The third kappa shape index (κ3) is 2.22. The number of para-hydroxylation sites is 2. The molecule has 0 saturated heterocycles. The number of rotatable bonds is 2.